The Morgan fingerprint density at radius 2 is 1.92 bits per heavy atom. The van der Waals surface area contributed by atoms with Crippen molar-refractivity contribution in [2.24, 2.45) is 17.6 Å². The number of aliphatic carboxylic acids is 1. The molecule has 0 aromatic heterocycles. The Morgan fingerprint density at radius 1 is 1.46 bits per heavy atom. The van der Waals surface area contributed by atoms with Crippen molar-refractivity contribution in [3.05, 3.63) is 0 Å². The predicted octanol–water partition coefficient (Wildman–Crippen LogP) is 0.209. The third kappa shape index (κ3) is 3.10. The minimum absolute atomic E-state index is 0.544. The van der Waals surface area contributed by atoms with Gasteiger partial charge in [0.1, 0.15) is 6.67 Å². The summed E-state index contributed by atoms with van der Waals surface area (Å²) in [6, 6.07) is -0.817. The number of alkyl halides is 1. The minimum Gasteiger partial charge on any atom is -0.481 e. The van der Waals surface area contributed by atoms with E-state index in [1.165, 1.54) is 13.8 Å². The molecule has 5 heteroatoms. The first-order valence-electron chi connectivity index (χ1n) is 3.99. The van der Waals surface area contributed by atoms with Crippen molar-refractivity contribution in [2.45, 2.75) is 19.9 Å². The van der Waals surface area contributed by atoms with Crippen molar-refractivity contribution in [3.8, 4) is 0 Å². The third-order valence-corrected chi connectivity index (χ3v) is 1.97. The van der Waals surface area contributed by atoms with E-state index in [0.29, 0.717) is 0 Å². The summed E-state index contributed by atoms with van der Waals surface area (Å²) in [6.07, 6.45) is 0. The molecule has 0 aromatic carbocycles. The third-order valence-electron chi connectivity index (χ3n) is 1.97. The van der Waals surface area contributed by atoms with Gasteiger partial charge in [-0.2, -0.15) is 0 Å². The molecule has 2 unspecified atom stereocenters. The number of hydrogen-bond acceptors (Lipinski definition) is 3. The van der Waals surface area contributed by atoms with Crippen molar-refractivity contribution in [1.29, 1.82) is 0 Å². The second-order valence-corrected chi connectivity index (χ2v) is 3.08. The highest BCUT2D eigenvalue weighted by molar-refractivity contribution is 5.89. The van der Waals surface area contributed by atoms with Crippen molar-refractivity contribution < 1.29 is 19.1 Å². The fraction of sp³-hybridized carbons (Fsp3) is 0.750. The Bertz CT molecular complexity index is 206. The lowest BCUT2D eigenvalue weighted by atomic mass is 9.88. The van der Waals surface area contributed by atoms with Crippen LogP contribution in [-0.4, -0.2) is 29.6 Å². The number of carboxylic acid groups (broad SMARTS) is 1. The van der Waals surface area contributed by atoms with Crippen LogP contribution in [0.1, 0.15) is 13.8 Å². The van der Waals surface area contributed by atoms with Crippen LogP contribution in [0.15, 0.2) is 0 Å². The fourth-order valence-corrected chi connectivity index (χ4v) is 0.966. The Labute approximate surface area is 75.9 Å². The molecule has 0 aromatic rings. The molecule has 0 saturated carbocycles. The molecule has 76 valence electrons. The van der Waals surface area contributed by atoms with Crippen molar-refractivity contribution in [3.63, 3.8) is 0 Å². The number of ketones is 1. The zero-order valence-corrected chi connectivity index (χ0v) is 7.66. The maximum absolute atomic E-state index is 12.3. The summed E-state index contributed by atoms with van der Waals surface area (Å²) in [6.45, 7) is 1.74. The first kappa shape index (κ1) is 12.0. The summed E-state index contributed by atoms with van der Waals surface area (Å²) in [7, 11) is 0. The lowest BCUT2D eigenvalue weighted by molar-refractivity contribution is -0.146. The summed E-state index contributed by atoms with van der Waals surface area (Å²) in [5.74, 6) is -3.88. The monoisotopic (exact) mass is 191 g/mol. The van der Waals surface area contributed by atoms with E-state index in [1.807, 2.05) is 0 Å². The van der Waals surface area contributed by atoms with Crippen LogP contribution in [0, 0.1) is 11.8 Å². The van der Waals surface area contributed by atoms with Gasteiger partial charge in [0, 0.05) is 0 Å². The molecule has 3 N–H and O–H groups in total. The quantitative estimate of drug-likeness (QED) is 0.651. The van der Waals surface area contributed by atoms with Gasteiger partial charge in [-0.25, -0.2) is 0 Å². The average molecular weight is 191 g/mol. The number of hydrogen-bond donors (Lipinski definition) is 2. The molecule has 0 fully saturated rings. The largest absolute Gasteiger partial charge is 0.481 e. The second kappa shape index (κ2) is 4.91. The molecule has 0 spiro atoms. The SMILES string of the molecule is CC(C(=O)O)C(CF)C(=O)[C@H](C)N. The van der Waals surface area contributed by atoms with Gasteiger partial charge in [-0.1, -0.05) is 6.92 Å². The standard InChI is InChI=1S/C8H14FNO3/c1-4(8(12)13)6(3-9)7(11)5(2)10/h4-6H,3,10H2,1-2H3,(H,12,13)/t4?,5-,6?/m0/s1. The van der Waals surface area contributed by atoms with E-state index in [-0.39, 0.29) is 0 Å². The Balaban J connectivity index is 4.50. The molecular weight excluding hydrogens is 177 g/mol. The van der Waals surface area contributed by atoms with Crippen LogP contribution in [0.2, 0.25) is 0 Å². The Kier molecular flexibility index (Phi) is 4.55. The molecule has 13 heavy (non-hydrogen) atoms. The first-order valence-corrected chi connectivity index (χ1v) is 3.99. The highest BCUT2D eigenvalue weighted by atomic mass is 19.1. The van der Waals surface area contributed by atoms with Gasteiger partial charge in [0.2, 0.25) is 0 Å². The van der Waals surface area contributed by atoms with Gasteiger partial charge in [0.05, 0.1) is 17.9 Å². The van der Waals surface area contributed by atoms with Crippen molar-refractivity contribution >= 4 is 11.8 Å². The number of rotatable bonds is 5. The van der Waals surface area contributed by atoms with E-state index in [0.717, 1.165) is 0 Å². The number of carbonyl (C=O) groups is 2. The van der Waals surface area contributed by atoms with Crippen molar-refractivity contribution in [1.82, 2.24) is 0 Å². The molecule has 3 atom stereocenters. The van der Waals surface area contributed by atoms with E-state index >= 15 is 0 Å². The van der Waals surface area contributed by atoms with Gasteiger partial charge in [-0.05, 0) is 6.92 Å². The highest BCUT2D eigenvalue weighted by Gasteiger charge is 2.31. The van der Waals surface area contributed by atoms with E-state index in [1.54, 1.807) is 0 Å². The first-order chi connectivity index (χ1) is 5.91. The molecule has 0 saturated heterocycles. The zero-order valence-electron chi connectivity index (χ0n) is 7.66. The normalized spacial score (nSPS) is 17.5. The smallest absolute Gasteiger partial charge is 0.307 e. The topological polar surface area (TPSA) is 80.4 Å². The molecule has 4 nitrogen and oxygen atoms in total. The maximum Gasteiger partial charge on any atom is 0.307 e. The number of nitrogens with two attached hydrogens (primary N) is 1. The second-order valence-electron chi connectivity index (χ2n) is 3.08. The summed E-state index contributed by atoms with van der Waals surface area (Å²) in [4.78, 5) is 21.7. The van der Waals surface area contributed by atoms with Gasteiger partial charge < -0.3 is 10.8 Å². The molecule has 0 aliphatic carbocycles. The van der Waals surface area contributed by atoms with E-state index in [2.05, 4.69) is 0 Å². The van der Waals surface area contributed by atoms with Crippen LogP contribution in [-0.2, 0) is 9.59 Å². The van der Waals surface area contributed by atoms with Crippen LogP contribution in [0.3, 0.4) is 0 Å². The molecule has 0 rings (SSSR count). The van der Waals surface area contributed by atoms with Gasteiger partial charge in [-0.3, -0.25) is 14.0 Å². The average Bonchev–Trinajstić information content (AvgIpc) is 2.04. The summed E-state index contributed by atoms with van der Waals surface area (Å²) >= 11 is 0. The predicted molar refractivity (Wildman–Crippen MR) is 44.9 cm³/mol. The van der Waals surface area contributed by atoms with Crippen LogP contribution in [0.25, 0.3) is 0 Å². The molecular formula is C8H14FNO3. The van der Waals surface area contributed by atoms with Gasteiger partial charge in [0.15, 0.2) is 5.78 Å². The van der Waals surface area contributed by atoms with Gasteiger partial charge in [-0.15, -0.1) is 0 Å². The molecule has 0 aliphatic rings. The van der Waals surface area contributed by atoms with E-state index < -0.39 is 36.3 Å². The zero-order chi connectivity index (χ0) is 10.6. The Hall–Kier alpha value is -0.970. The maximum atomic E-state index is 12.3. The number of Topliss-reactive ketones (excluding diaryl/α,β-unsaturated/α-hetero) is 1. The van der Waals surface area contributed by atoms with Gasteiger partial charge in [0.25, 0.3) is 0 Å². The molecule has 0 radical (unpaired) electrons. The number of carboxylic acids is 1. The van der Waals surface area contributed by atoms with E-state index in [4.69, 9.17) is 10.8 Å². The minimum atomic E-state index is -1.18. The molecule has 0 aliphatic heterocycles. The van der Waals surface area contributed by atoms with Crippen molar-refractivity contribution in [2.75, 3.05) is 6.67 Å². The molecule has 0 bridgehead atoms. The highest BCUT2D eigenvalue weighted by Crippen LogP contribution is 2.15. The summed E-state index contributed by atoms with van der Waals surface area (Å²) < 4.78 is 12.3. The van der Waals surface area contributed by atoms with Gasteiger partial charge >= 0.3 is 5.97 Å². The van der Waals surface area contributed by atoms with Crippen LogP contribution < -0.4 is 5.73 Å². The lowest BCUT2D eigenvalue weighted by Crippen LogP contribution is -2.39. The summed E-state index contributed by atoms with van der Waals surface area (Å²) in [5.41, 5.74) is 5.24. The summed E-state index contributed by atoms with van der Waals surface area (Å²) in [5, 5.41) is 8.55. The van der Waals surface area contributed by atoms with E-state index in [9.17, 15) is 14.0 Å². The van der Waals surface area contributed by atoms with Crippen LogP contribution in [0.4, 0.5) is 4.39 Å². The van der Waals surface area contributed by atoms with Crippen LogP contribution >= 0.6 is 0 Å². The molecule has 0 amide bonds. The van der Waals surface area contributed by atoms with Crippen LogP contribution in [0.5, 0.6) is 0 Å². The Morgan fingerprint density at radius 3 is 2.15 bits per heavy atom. The number of carbonyl (C=O) groups excluding carboxylic acids is 1. The fourth-order valence-electron chi connectivity index (χ4n) is 0.966. The number of halogens is 1. The lowest BCUT2D eigenvalue weighted by Gasteiger charge is -2.17. The molecule has 0 heterocycles.